The summed E-state index contributed by atoms with van der Waals surface area (Å²) < 4.78 is 13.7. The molecule has 2 N–H and O–H groups in total. The molecule has 0 fully saturated rings. The average molecular weight is 503 g/mol. The van der Waals surface area contributed by atoms with Crippen LogP contribution in [0.3, 0.4) is 0 Å². The van der Waals surface area contributed by atoms with Crippen molar-refractivity contribution in [2.75, 3.05) is 31.7 Å². The summed E-state index contributed by atoms with van der Waals surface area (Å²) in [6, 6.07) is 11.4. The minimum Gasteiger partial charge on any atom is -0.464 e. The quantitative estimate of drug-likeness (QED) is 0.248. The number of carbonyl (C=O) groups is 3. The molecule has 10 heteroatoms. The zero-order valence-corrected chi connectivity index (χ0v) is 21.5. The summed E-state index contributed by atoms with van der Waals surface area (Å²) in [7, 11) is 0. The zero-order chi connectivity index (χ0) is 27.5. The standard InChI is InChI=1S/C13H17NO4.C9H9NO.C4H8O3/c1-4-17-11(15)8-18-13(16)14-12-9(2)6-5-7-10(12)3;1-7-4-3-5-8(2)9(7)10-6-11;1-2-7-4(6)3-5/h5-7H,4,8H2,1-3H3,(H,14,16);3-5H,1-2H3;5H,2-3H2,1H3. The molecule has 0 aromatic heterocycles. The summed E-state index contributed by atoms with van der Waals surface area (Å²) in [5.74, 6) is -1.13. The van der Waals surface area contributed by atoms with Gasteiger partial charge in [-0.15, -0.1) is 0 Å². The predicted molar refractivity (Wildman–Crippen MR) is 135 cm³/mol. The summed E-state index contributed by atoms with van der Waals surface area (Å²) in [6.07, 6.45) is 0.874. The van der Waals surface area contributed by atoms with E-state index in [1.54, 1.807) is 19.9 Å². The molecule has 0 saturated heterocycles. The van der Waals surface area contributed by atoms with Gasteiger partial charge in [0.2, 0.25) is 6.08 Å². The maximum atomic E-state index is 11.5. The Morgan fingerprint density at radius 1 is 0.833 bits per heavy atom. The molecule has 196 valence electrons. The molecule has 2 aromatic rings. The lowest BCUT2D eigenvalue weighted by Crippen LogP contribution is -2.21. The Balaban J connectivity index is 0.000000576. The van der Waals surface area contributed by atoms with Gasteiger partial charge in [0.05, 0.1) is 18.9 Å². The smallest absolute Gasteiger partial charge is 0.412 e. The minimum atomic E-state index is -0.666. The number of nitrogens with zero attached hydrogens (tertiary/aromatic N) is 1. The summed E-state index contributed by atoms with van der Waals surface area (Å²) in [4.78, 5) is 46.0. The van der Waals surface area contributed by atoms with Crippen LogP contribution in [0.25, 0.3) is 0 Å². The van der Waals surface area contributed by atoms with Crippen molar-refractivity contribution in [1.82, 2.24) is 0 Å². The maximum absolute atomic E-state index is 11.5. The molecular weight excluding hydrogens is 468 g/mol. The lowest BCUT2D eigenvalue weighted by Gasteiger charge is -2.11. The van der Waals surface area contributed by atoms with E-state index >= 15 is 0 Å². The van der Waals surface area contributed by atoms with Crippen molar-refractivity contribution in [3.05, 3.63) is 58.7 Å². The third-order valence-corrected chi connectivity index (χ3v) is 4.37. The third kappa shape index (κ3) is 13.0. The van der Waals surface area contributed by atoms with E-state index in [4.69, 9.17) is 9.84 Å². The monoisotopic (exact) mass is 502 g/mol. The molecule has 0 unspecified atom stereocenters. The van der Waals surface area contributed by atoms with Crippen LogP contribution in [0.2, 0.25) is 0 Å². The van der Waals surface area contributed by atoms with E-state index in [9.17, 15) is 19.2 Å². The predicted octanol–water partition coefficient (Wildman–Crippen LogP) is 4.23. The van der Waals surface area contributed by atoms with Crippen LogP contribution in [0.1, 0.15) is 36.1 Å². The number of aliphatic hydroxyl groups is 1. The van der Waals surface area contributed by atoms with Crippen LogP contribution < -0.4 is 5.32 Å². The summed E-state index contributed by atoms with van der Waals surface area (Å²) >= 11 is 0. The molecule has 0 saturated carbocycles. The Bertz CT molecular complexity index is 1010. The first-order valence-electron chi connectivity index (χ1n) is 11.2. The van der Waals surface area contributed by atoms with E-state index in [0.29, 0.717) is 12.3 Å². The maximum Gasteiger partial charge on any atom is 0.412 e. The highest BCUT2D eigenvalue weighted by molar-refractivity contribution is 5.88. The van der Waals surface area contributed by atoms with E-state index in [1.807, 2.05) is 64.1 Å². The van der Waals surface area contributed by atoms with Gasteiger partial charge in [-0.2, -0.15) is 4.99 Å². The fourth-order valence-corrected chi connectivity index (χ4v) is 2.71. The second-order valence-electron chi connectivity index (χ2n) is 7.18. The van der Waals surface area contributed by atoms with Gasteiger partial charge < -0.3 is 19.3 Å². The van der Waals surface area contributed by atoms with Crippen LogP contribution in [0.5, 0.6) is 0 Å². The number of nitrogens with one attached hydrogen (secondary N) is 1. The summed E-state index contributed by atoms with van der Waals surface area (Å²) in [5, 5.41) is 10.6. The first-order chi connectivity index (χ1) is 17.1. The Hall–Kier alpha value is -4.01. The van der Waals surface area contributed by atoms with E-state index in [1.165, 1.54) is 0 Å². The second kappa shape index (κ2) is 18.3. The van der Waals surface area contributed by atoms with Crippen LogP contribution in [0, 0.1) is 27.7 Å². The number of ether oxygens (including phenoxy) is 3. The van der Waals surface area contributed by atoms with Crippen LogP contribution in [0.15, 0.2) is 41.4 Å². The molecular formula is C26H34N2O8. The van der Waals surface area contributed by atoms with Gasteiger partial charge in [-0.25, -0.2) is 19.2 Å². The van der Waals surface area contributed by atoms with Gasteiger partial charge in [-0.05, 0) is 63.8 Å². The molecule has 2 aromatic carbocycles. The van der Waals surface area contributed by atoms with Crippen molar-refractivity contribution >= 4 is 35.5 Å². The van der Waals surface area contributed by atoms with Crippen molar-refractivity contribution in [3.63, 3.8) is 0 Å². The van der Waals surface area contributed by atoms with Gasteiger partial charge >= 0.3 is 18.0 Å². The van der Waals surface area contributed by atoms with Crippen LogP contribution in [0.4, 0.5) is 16.2 Å². The fraction of sp³-hybridized carbons (Fsp3) is 0.385. The SMILES string of the molecule is CCOC(=O)CO.CCOC(=O)COC(=O)Nc1c(C)cccc1C.Cc1cccc(C)c1N=C=O. The normalized spacial score (nSPS) is 9.19. The number of amides is 1. The van der Waals surface area contributed by atoms with Gasteiger partial charge in [-0.3, -0.25) is 5.32 Å². The van der Waals surface area contributed by atoms with Gasteiger partial charge in [0, 0.05) is 5.69 Å². The number of hydrogen-bond acceptors (Lipinski definition) is 9. The lowest BCUT2D eigenvalue weighted by atomic mass is 10.1. The Morgan fingerprint density at radius 2 is 1.31 bits per heavy atom. The second-order valence-corrected chi connectivity index (χ2v) is 7.18. The minimum absolute atomic E-state index is 0.265. The number of para-hydroxylation sites is 2. The molecule has 0 atom stereocenters. The number of carbonyl (C=O) groups excluding carboxylic acids is 4. The first kappa shape index (κ1) is 32.0. The van der Waals surface area contributed by atoms with Gasteiger partial charge in [-0.1, -0.05) is 36.4 Å². The average Bonchev–Trinajstić information content (AvgIpc) is 2.84. The molecule has 2 rings (SSSR count). The number of aliphatic imine (C=N–C) groups is 1. The number of aliphatic hydroxyl groups excluding tert-OH is 1. The van der Waals surface area contributed by atoms with E-state index < -0.39 is 24.6 Å². The number of aryl methyl sites for hydroxylation is 4. The van der Waals surface area contributed by atoms with Gasteiger partial charge in [0.1, 0.15) is 6.61 Å². The number of benzene rings is 2. The van der Waals surface area contributed by atoms with Gasteiger partial charge in [0.15, 0.2) is 6.61 Å². The summed E-state index contributed by atoms with van der Waals surface area (Å²) in [6.45, 7) is 10.7. The van der Waals surface area contributed by atoms with Crippen molar-refractivity contribution in [2.24, 2.45) is 4.99 Å². The highest BCUT2D eigenvalue weighted by Gasteiger charge is 2.10. The molecule has 0 spiro atoms. The largest absolute Gasteiger partial charge is 0.464 e. The first-order valence-corrected chi connectivity index (χ1v) is 11.2. The molecule has 10 nitrogen and oxygen atoms in total. The van der Waals surface area contributed by atoms with Crippen molar-refractivity contribution < 1.29 is 38.5 Å². The molecule has 36 heavy (non-hydrogen) atoms. The molecule has 0 aliphatic heterocycles. The van der Waals surface area contributed by atoms with Crippen LogP contribution in [-0.2, 0) is 28.6 Å². The topological polar surface area (TPSA) is 141 Å². The molecule has 0 radical (unpaired) electrons. The lowest BCUT2D eigenvalue weighted by molar-refractivity contribution is -0.147. The highest BCUT2D eigenvalue weighted by Crippen LogP contribution is 2.21. The molecule has 0 bridgehead atoms. The van der Waals surface area contributed by atoms with Crippen LogP contribution >= 0.6 is 0 Å². The molecule has 1 amide bonds. The Labute approximate surface area is 211 Å². The Kier molecular flexibility index (Phi) is 16.3. The fourth-order valence-electron chi connectivity index (χ4n) is 2.71. The number of rotatable bonds is 7. The zero-order valence-electron chi connectivity index (χ0n) is 21.5. The molecule has 0 heterocycles. The third-order valence-electron chi connectivity index (χ3n) is 4.37. The number of hydrogen-bond donors (Lipinski definition) is 2. The van der Waals surface area contributed by atoms with E-state index in [-0.39, 0.29) is 13.2 Å². The number of anilines is 1. The van der Waals surface area contributed by atoms with Crippen molar-refractivity contribution in [1.29, 1.82) is 0 Å². The number of isocyanates is 1. The van der Waals surface area contributed by atoms with Crippen molar-refractivity contribution in [3.8, 4) is 0 Å². The molecule has 0 aliphatic carbocycles. The summed E-state index contributed by atoms with van der Waals surface area (Å²) in [5.41, 5.74) is 5.32. The van der Waals surface area contributed by atoms with E-state index in [2.05, 4.69) is 19.8 Å². The van der Waals surface area contributed by atoms with Gasteiger partial charge in [0.25, 0.3) is 0 Å². The number of esters is 2. The van der Waals surface area contributed by atoms with Crippen molar-refractivity contribution in [2.45, 2.75) is 41.5 Å². The van der Waals surface area contributed by atoms with Crippen LogP contribution in [-0.4, -0.2) is 55.6 Å². The molecule has 0 aliphatic rings. The highest BCUT2D eigenvalue weighted by atomic mass is 16.6. The van der Waals surface area contributed by atoms with E-state index in [0.717, 1.165) is 27.9 Å². The Morgan fingerprint density at radius 3 is 1.72 bits per heavy atom.